The Hall–Kier alpha value is -2.34. The van der Waals surface area contributed by atoms with Crippen LogP contribution in [0.3, 0.4) is 0 Å². The molecule has 1 N–H and O–H groups in total. The molecule has 0 fully saturated rings. The predicted octanol–water partition coefficient (Wildman–Crippen LogP) is 3.28. The topological polar surface area (TPSA) is 55.2 Å². The van der Waals surface area contributed by atoms with Crippen LogP contribution >= 0.6 is 0 Å². The molecule has 25 heavy (non-hydrogen) atoms. The highest BCUT2D eigenvalue weighted by atomic mass is 28.4. The Morgan fingerprint density at radius 1 is 0.840 bits per heavy atom. The molecule has 4 nitrogen and oxygen atoms in total. The lowest BCUT2D eigenvalue weighted by Gasteiger charge is -2.23. The molecule has 0 aliphatic rings. The van der Waals surface area contributed by atoms with E-state index in [9.17, 15) is 0 Å². The van der Waals surface area contributed by atoms with Crippen LogP contribution in [0, 0.1) is 0 Å². The quantitative estimate of drug-likeness (QED) is 0.716. The first kappa shape index (κ1) is 19.0. The average molecular weight is 353 g/mol. The number of aromatic nitrogens is 2. The normalized spacial score (nSPS) is 10.7. The summed E-state index contributed by atoms with van der Waals surface area (Å²) in [6, 6.07) is 18.1. The molecule has 0 saturated heterocycles. The molecule has 3 rings (SSSR count). The maximum Gasteiger partial charge on any atom is 0.218 e. The third-order valence-electron chi connectivity index (χ3n) is 3.70. The molecule has 1 aromatic carbocycles. The molecule has 0 aliphatic carbocycles. The first-order valence-corrected chi connectivity index (χ1v) is 11.1. The van der Waals surface area contributed by atoms with E-state index in [1.54, 1.807) is 24.7 Å². The highest BCUT2D eigenvalue weighted by Crippen LogP contribution is 2.09. The fraction of sp³-hybridized carbons (Fsp3) is 0.200. The van der Waals surface area contributed by atoms with Gasteiger partial charge < -0.3 is 9.53 Å². The van der Waals surface area contributed by atoms with E-state index < -0.39 is 8.32 Å². The molecular weight excluding hydrogens is 328 g/mol. The Balaban J connectivity index is 0.000000236. The van der Waals surface area contributed by atoms with Crippen molar-refractivity contribution in [3.8, 4) is 0 Å². The van der Waals surface area contributed by atoms with Crippen LogP contribution < -0.4 is 5.19 Å². The van der Waals surface area contributed by atoms with Gasteiger partial charge in [0.1, 0.15) is 0 Å². The summed E-state index contributed by atoms with van der Waals surface area (Å²) in [6.07, 6.45) is 6.96. The van der Waals surface area contributed by atoms with Gasteiger partial charge in [-0.25, -0.2) is 0 Å². The second kappa shape index (κ2) is 9.83. The molecule has 0 radical (unpaired) electrons. The van der Waals surface area contributed by atoms with Gasteiger partial charge in [-0.05, 0) is 41.5 Å². The SMILES string of the molecule is C[Si](C)(OCc1cccnc1)c1ccccc1.OCc1cccnc1. The standard InChI is InChI=1S/C14H17NOSi.C6H7NO/c1-17(2,14-8-4-3-5-9-14)16-12-13-7-6-10-15-11-13;8-5-6-2-1-3-7-4-6/h3-11H,12H2,1-2H3;1-4,8H,5H2. The minimum absolute atomic E-state index is 0.0772. The summed E-state index contributed by atoms with van der Waals surface area (Å²) in [5.41, 5.74) is 1.98. The Bertz CT molecular complexity index is 722. The van der Waals surface area contributed by atoms with E-state index in [1.165, 1.54) is 5.19 Å². The molecule has 130 valence electrons. The van der Waals surface area contributed by atoms with Crippen molar-refractivity contribution in [2.45, 2.75) is 26.3 Å². The minimum Gasteiger partial charge on any atom is -0.409 e. The van der Waals surface area contributed by atoms with Crippen molar-refractivity contribution < 1.29 is 9.53 Å². The van der Waals surface area contributed by atoms with Crippen LogP contribution in [-0.4, -0.2) is 23.4 Å². The van der Waals surface area contributed by atoms with Crippen molar-refractivity contribution in [1.29, 1.82) is 0 Å². The van der Waals surface area contributed by atoms with Crippen LogP contribution in [0.4, 0.5) is 0 Å². The van der Waals surface area contributed by atoms with Gasteiger partial charge in [-0.15, -0.1) is 0 Å². The van der Waals surface area contributed by atoms with E-state index in [2.05, 4.69) is 47.3 Å². The zero-order valence-corrected chi connectivity index (χ0v) is 15.7. The summed E-state index contributed by atoms with van der Waals surface area (Å²) < 4.78 is 6.10. The van der Waals surface area contributed by atoms with E-state index in [1.807, 2.05) is 30.5 Å². The number of hydrogen-bond donors (Lipinski definition) is 1. The van der Waals surface area contributed by atoms with Crippen molar-refractivity contribution in [1.82, 2.24) is 9.97 Å². The van der Waals surface area contributed by atoms with Crippen molar-refractivity contribution in [3.05, 3.63) is 90.5 Å². The molecule has 0 amide bonds. The van der Waals surface area contributed by atoms with Crippen LogP contribution in [0.15, 0.2) is 79.4 Å². The molecule has 0 spiro atoms. The Morgan fingerprint density at radius 3 is 1.92 bits per heavy atom. The Labute approximate surface area is 150 Å². The van der Waals surface area contributed by atoms with Crippen molar-refractivity contribution in [2.24, 2.45) is 0 Å². The lowest BCUT2D eigenvalue weighted by Crippen LogP contribution is -2.44. The third-order valence-corrected chi connectivity index (χ3v) is 6.29. The summed E-state index contributed by atoms with van der Waals surface area (Å²) in [5.74, 6) is 0. The first-order valence-electron chi connectivity index (χ1n) is 8.20. The molecule has 0 unspecified atom stereocenters. The number of aliphatic hydroxyl groups excluding tert-OH is 1. The number of nitrogens with zero attached hydrogens (tertiary/aromatic N) is 2. The fourth-order valence-electron chi connectivity index (χ4n) is 2.16. The predicted molar refractivity (Wildman–Crippen MR) is 103 cm³/mol. The Morgan fingerprint density at radius 2 is 1.44 bits per heavy atom. The average Bonchev–Trinajstić information content (AvgIpc) is 2.69. The van der Waals surface area contributed by atoms with Crippen molar-refractivity contribution in [2.75, 3.05) is 0 Å². The fourth-order valence-corrected chi connectivity index (χ4v) is 3.85. The monoisotopic (exact) mass is 352 g/mol. The van der Waals surface area contributed by atoms with Gasteiger partial charge in [-0.3, -0.25) is 9.97 Å². The molecule has 3 aromatic rings. The second-order valence-corrected chi connectivity index (χ2v) is 9.93. The van der Waals surface area contributed by atoms with Crippen LogP contribution in [0.25, 0.3) is 0 Å². The van der Waals surface area contributed by atoms with Gasteiger partial charge in [0.15, 0.2) is 0 Å². The molecule has 0 atom stereocenters. The zero-order chi connectivity index (χ0) is 18.0. The number of aliphatic hydroxyl groups is 1. The smallest absolute Gasteiger partial charge is 0.218 e. The van der Waals surface area contributed by atoms with Crippen LogP contribution in [0.1, 0.15) is 11.1 Å². The molecule has 5 heteroatoms. The van der Waals surface area contributed by atoms with Gasteiger partial charge >= 0.3 is 0 Å². The first-order chi connectivity index (χ1) is 12.1. The number of rotatable bonds is 5. The van der Waals surface area contributed by atoms with E-state index >= 15 is 0 Å². The van der Waals surface area contributed by atoms with Crippen molar-refractivity contribution >= 4 is 13.5 Å². The lowest BCUT2D eigenvalue weighted by atomic mass is 10.3. The van der Waals surface area contributed by atoms with E-state index in [4.69, 9.17) is 9.53 Å². The highest BCUT2D eigenvalue weighted by molar-refractivity contribution is 6.84. The summed E-state index contributed by atoms with van der Waals surface area (Å²) in [4.78, 5) is 7.89. The molecule has 0 aliphatic heterocycles. The summed E-state index contributed by atoms with van der Waals surface area (Å²) >= 11 is 0. The lowest BCUT2D eigenvalue weighted by molar-refractivity contribution is 0.281. The number of pyridine rings is 2. The van der Waals surface area contributed by atoms with Gasteiger partial charge in [-0.1, -0.05) is 42.5 Å². The van der Waals surface area contributed by atoms with E-state index in [-0.39, 0.29) is 6.61 Å². The second-order valence-electron chi connectivity index (χ2n) is 6.05. The number of benzene rings is 1. The van der Waals surface area contributed by atoms with Gasteiger partial charge in [0, 0.05) is 24.8 Å². The molecular formula is C20H24N2O2Si. The molecule has 0 bridgehead atoms. The highest BCUT2D eigenvalue weighted by Gasteiger charge is 2.24. The number of hydrogen-bond acceptors (Lipinski definition) is 4. The van der Waals surface area contributed by atoms with Crippen LogP contribution in [-0.2, 0) is 17.6 Å². The molecule has 2 aromatic heterocycles. The largest absolute Gasteiger partial charge is 0.409 e. The maximum atomic E-state index is 8.50. The summed E-state index contributed by atoms with van der Waals surface area (Å²) in [6.45, 7) is 5.16. The van der Waals surface area contributed by atoms with Crippen LogP contribution in [0.2, 0.25) is 13.1 Å². The van der Waals surface area contributed by atoms with Gasteiger partial charge in [0.05, 0.1) is 13.2 Å². The van der Waals surface area contributed by atoms with Crippen molar-refractivity contribution in [3.63, 3.8) is 0 Å². The van der Waals surface area contributed by atoms with Crippen LogP contribution in [0.5, 0.6) is 0 Å². The Kier molecular flexibility index (Phi) is 7.47. The summed E-state index contributed by atoms with van der Waals surface area (Å²) in [7, 11) is -1.79. The minimum atomic E-state index is -1.79. The zero-order valence-electron chi connectivity index (χ0n) is 14.7. The maximum absolute atomic E-state index is 8.50. The van der Waals surface area contributed by atoms with Gasteiger partial charge in [0.2, 0.25) is 8.32 Å². The van der Waals surface area contributed by atoms with Gasteiger partial charge in [-0.2, -0.15) is 0 Å². The van der Waals surface area contributed by atoms with E-state index in [0.29, 0.717) is 6.61 Å². The molecule has 2 heterocycles. The molecule has 0 saturated carbocycles. The summed E-state index contributed by atoms with van der Waals surface area (Å²) in [5, 5.41) is 9.82. The van der Waals surface area contributed by atoms with Gasteiger partial charge in [0.25, 0.3) is 0 Å². The third kappa shape index (κ3) is 6.58. The van der Waals surface area contributed by atoms with E-state index in [0.717, 1.165) is 11.1 Å².